The third-order valence-electron chi connectivity index (χ3n) is 0.333. The molecule has 0 aliphatic carbocycles. The van der Waals surface area contributed by atoms with Gasteiger partial charge in [0.1, 0.15) is 0 Å². The molecule has 6 heavy (non-hydrogen) atoms. The summed E-state index contributed by atoms with van der Waals surface area (Å²) >= 11 is 0. The second-order valence-electron chi connectivity index (χ2n) is 0.864. The molecule has 40 valence electrons. The molecule has 0 saturated heterocycles. The summed E-state index contributed by atoms with van der Waals surface area (Å²) in [5, 5.41) is 1.96. The summed E-state index contributed by atoms with van der Waals surface area (Å²) in [6.07, 6.45) is 0. The number of halogens is 1. The Morgan fingerprint density at radius 3 is 2.17 bits per heavy atom. The largest absolute Gasteiger partial charge is 1.00 e. The maximum absolute atomic E-state index is 4.64. The second-order valence-corrected chi connectivity index (χ2v) is 0.864. The minimum Gasteiger partial charge on any atom is -1.00 e. The third-order valence-corrected chi connectivity index (χ3v) is 0.333. The first kappa shape index (κ1) is 9.51. The van der Waals surface area contributed by atoms with Crippen LogP contribution >= 0.6 is 0 Å². The van der Waals surface area contributed by atoms with Crippen LogP contribution in [-0.2, 0) is 4.74 Å². The number of ether oxygens (including phenoxy) is 1. The molecule has 0 aliphatic heterocycles. The molecule has 0 radical (unpaired) electrons. The van der Waals surface area contributed by atoms with Crippen LogP contribution in [0.2, 0.25) is 0 Å². The highest BCUT2D eigenvalue weighted by Gasteiger charge is 1.65. The highest BCUT2D eigenvalue weighted by molar-refractivity contribution is 3.74. The van der Waals surface area contributed by atoms with E-state index in [-0.39, 0.29) is 12.4 Å². The van der Waals surface area contributed by atoms with Crippen LogP contribution in [0.3, 0.4) is 0 Å². The van der Waals surface area contributed by atoms with E-state index < -0.39 is 0 Å². The predicted octanol–water partition coefficient (Wildman–Crippen LogP) is -4.21. The molecule has 0 amide bonds. The molecule has 0 spiro atoms. The van der Waals surface area contributed by atoms with Gasteiger partial charge in [-0.05, 0) is 0 Å². The molecule has 0 aromatic carbocycles. The monoisotopic (exact) mass is 111 g/mol. The van der Waals surface area contributed by atoms with Crippen molar-refractivity contribution >= 4 is 0 Å². The number of hydrogen-bond acceptors (Lipinski definition) is 1. The molecule has 0 aromatic heterocycles. The maximum atomic E-state index is 4.64. The number of quaternary nitrogens is 1. The van der Waals surface area contributed by atoms with Gasteiger partial charge in [-0.2, -0.15) is 0 Å². The topological polar surface area (TPSA) is 25.8 Å². The first-order valence-electron chi connectivity index (χ1n) is 1.68. The van der Waals surface area contributed by atoms with Crippen molar-refractivity contribution in [3.05, 3.63) is 0 Å². The van der Waals surface area contributed by atoms with Gasteiger partial charge >= 0.3 is 0 Å². The van der Waals surface area contributed by atoms with E-state index in [0.29, 0.717) is 0 Å². The van der Waals surface area contributed by atoms with Crippen LogP contribution in [0.15, 0.2) is 0 Å². The van der Waals surface area contributed by atoms with Gasteiger partial charge in [-0.1, -0.05) is 0 Å². The van der Waals surface area contributed by atoms with Gasteiger partial charge in [-0.25, -0.2) is 0 Å². The lowest BCUT2D eigenvalue weighted by molar-refractivity contribution is -0.660. The molecule has 2 N–H and O–H groups in total. The van der Waals surface area contributed by atoms with Gasteiger partial charge in [0.05, 0.1) is 7.05 Å². The number of hydrogen-bond donors (Lipinski definition) is 1. The summed E-state index contributed by atoms with van der Waals surface area (Å²) in [4.78, 5) is 0. The van der Waals surface area contributed by atoms with E-state index in [9.17, 15) is 0 Å². The van der Waals surface area contributed by atoms with Crippen LogP contribution in [0.4, 0.5) is 0 Å². The highest BCUT2D eigenvalue weighted by Crippen LogP contribution is 1.38. The minimum absolute atomic E-state index is 0. The van der Waals surface area contributed by atoms with Crippen LogP contribution in [0, 0.1) is 0 Å². The van der Waals surface area contributed by atoms with Crippen molar-refractivity contribution in [2.24, 2.45) is 0 Å². The molecular formula is C3H10ClNO. The summed E-state index contributed by atoms with van der Waals surface area (Å²) in [7, 11) is 3.64. The van der Waals surface area contributed by atoms with Crippen LogP contribution in [0.5, 0.6) is 0 Å². The van der Waals surface area contributed by atoms with E-state index in [1.54, 1.807) is 7.11 Å². The molecular weight excluding hydrogens is 101 g/mol. The van der Waals surface area contributed by atoms with Gasteiger partial charge in [0.2, 0.25) is 0 Å². The van der Waals surface area contributed by atoms with Crippen molar-refractivity contribution < 1.29 is 22.5 Å². The standard InChI is InChI=1S/C3H9NO.ClH/c1-4-3-5-2;/h4H,3H2,1-2H3;1H. The molecule has 0 fully saturated rings. The van der Waals surface area contributed by atoms with Crippen LogP contribution in [0.1, 0.15) is 0 Å². The van der Waals surface area contributed by atoms with Crippen molar-refractivity contribution in [3.63, 3.8) is 0 Å². The first-order chi connectivity index (χ1) is 2.41. The Bertz CT molecular complexity index is 18.3. The zero-order valence-corrected chi connectivity index (χ0v) is 4.83. The maximum Gasteiger partial charge on any atom is 0.179 e. The van der Waals surface area contributed by atoms with E-state index >= 15 is 0 Å². The number of methoxy groups -OCH3 is 1. The van der Waals surface area contributed by atoms with Crippen LogP contribution in [0.25, 0.3) is 0 Å². The van der Waals surface area contributed by atoms with Crippen molar-refractivity contribution in [3.8, 4) is 0 Å². The van der Waals surface area contributed by atoms with Gasteiger partial charge in [0.25, 0.3) is 0 Å². The fourth-order valence-corrected chi connectivity index (χ4v) is 0.167. The summed E-state index contributed by atoms with van der Waals surface area (Å²) < 4.78 is 4.64. The van der Waals surface area contributed by atoms with Crippen molar-refractivity contribution in [2.75, 3.05) is 20.9 Å². The van der Waals surface area contributed by atoms with Crippen molar-refractivity contribution in [2.45, 2.75) is 0 Å². The Labute approximate surface area is 44.3 Å². The van der Waals surface area contributed by atoms with Gasteiger partial charge < -0.3 is 22.5 Å². The Morgan fingerprint density at radius 1 is 1.67 bits per heavy atom. The molecule has 0 atom stereocenters. The van der Waals surface area contributed by atoms with Crippen molar-refractivity contribution in [1.29, 1.82) is 0 Å². The SMILES string of the molecule is C[NH2+]COC.[Cl-]. The molecule has 0 aromatic rings. The van der Waals surface area contributed by atoms with Crippen molar-refractivity contribution in [1.82, 2.24) is 0 Å². The zero-order chi connectivity index (χ0) is 4.12. The number of nitrogens with two attached hydrogens (primary N) is 1. The second kappa shape index (κ2) is 8.96. The van der Waals surface area contributed by atoms with Gasteiger partial charge in [0.15, 0.2) is 6.73 Å². The fourth-order valence-electron chi connectivity index (χ4n) is 0.167. The Kier molecular flexibility index (Phi) is 14.2. The lowest BCUT2D eigenvalue weighted by Gasteiger charge is -1.84. The molecule has 0 saturated carbocycles. The molecule has 0 rings (SSSR count). The lowest BCUT2D eigenvalue weighted by Crippen LogP contribution is -3.00. The Morgan fingerprint density at radius 2 is 2.17 bits per heavy atom. The summed E-state index contributed by atoms with van der Waals surface area (Å²) in [6.45, 7) is 0.764. The smallest absolute Gasteiger partial charge is 0.179 e. The summed E-state index contributed by atoms with van der Waals surface area (Å²) in [5.41, 5.74) is 0. The third kappa shape index (κ3) is 8.88. The van der Waals surface area contributed by atoms with Gasteiger partial charge in [-0.15, -0.1) is 0 Å². The molecule has 0 unspecified atom stereocenters. The molecule has 3 heteroatoms. The number of rotatable bonds is 2. The normalized spacial score (nSPS) is 7.00. The molecule has 0 bridgehead atoms. The molecule has 0 aliphatic rings. The summed E-state index contributed by atoms with van der Waals surface area (Å²) in [5.74, 6) is 0. The average molecular weight is 112 g/mol. The van der Waals surface area contributed by atoms with Crippen LogP contribution in [-0.4, -0.2) is 20.9 Å². The van der Waals surface area contributed by atoms with Gasteiger partial charge in [-0.3, -0.25) is 0 Å². The van der Waals surface area contributed by atoms with E-state index in [1.165, 1.54) is 0 Å². The lowest BCUT2D eigenvalue weighted by atomic mass is 11.2. The molecule has 2 nitrogen and oxygen atoms in total. The minimum atomic E-state index is 0. The fraction of sp³-hybridized carbons (Fsp3) is 1.00. The zero-order valence-electron chi connectivity index (χ0n) is 4.07. The van der Waals surface area contributed by atoms with E-state index in [1.807, 2.05) is 12.4 Å². The van der Waals surface area contributed by atoms with Crippen LogP contribution < -0.4 is 17.7 Å². The Hall–Kier alpha value is 0.210. The average Bonchev–Trinajstić information content (AvgIpc) is 1.41. The Balaban J connectivity index is 0. The molecule has 0 heterocycles. The van der Waals surface area contributed by atoms with E-state index in [0.717, 1.165) is 6.73 Å². The van der Waals surface area contributed by atoms with E-state index in [4.69, 9.17) is 0 Å². The summed E-state index contributed by atoms with van der Waals surface area (Å²) in [6, 6.07) is 0. The van der Waals surface area contributed by atoms with E-state index in [2.05, 4.69) is 4.74 Å². The predicted molar refractivity (Wildman–Crippen MR) is 19.7 cm³/mol. The highest BCUT2D eigenvalue weighted by atomic mass is 35.5. The quantitative estimate of drug-likeness (QED) is 0.359. The first-order valence-corrected chi connectivity index (χ1v) is 1.68. The van der Waals surface area contributed by atoms with Gasteiger partial charge in [0, 0.05) is 7.11 Å².